The number of anilines is 1. The lowest BCUT2D eigenvalue weighted by atomic mass is 10.1. The van der Waals surface area contributed by atoms with Gasteiger partial charge < -0.3 is 9.47 Å². The van der Waals surface area contributed by atoms with E-state index in [0.29, 0.717) is 43.8 Å². The largest absolute Gasteiger partial charge is 0.493 e. The molecule has 0 atom stereocenters. The summed E-state index contributed by atoms with van der Waals surface area (Å²) < 4.78 is 12.4. The minimum Gasteiger partial charge on any atom is -0.493 e. The van der Waals surface area contributed by atoms with Crippen LogP contribution in [-0.2, 0) is 11.4 Å². The summed E-state index contributed by atoms with van der Waals surface area (Å²) in [4.78, 5) is 27.0. The van der Waals surface area contributed by atoms with Crippen LogP contribution in [0.15, 0.2) is 88.2 Å². The van der Waals surface area contributed by atoms with E-state index in [4.69, 9.17) is 21.1 Å². The van der Waals surface area contributed by atoms with Crippen molar-refractivity contribution >= 4 is 73.0 Å². The van der Waals surface area contributed by atoms with Crippen molar-refractivity contribution in [3.8, 4) is 11.5 Å². The molecule has 2 amide bonds. The Morgan fingerprint density at radius 1 is 1.00 bits per heavy atom. The normalized spacial score (nSPS) is 14.6. The Kier molecular flexibility index (Phi) is 7.05. The molecule has 0 N–H and O–H groups in total. The number of thioether (sulfide) groups is 1. The van der Waals surface area contributed by atoms with E-state index in [1.165, 1.54) is 0 Å². The van der Waals surface area contributed by atoms with Gasteiger partial charge in [0.25, 0.3) is 11.1 Å². The smallest absolute Gasteiger partial charge is 0.298 e. The standard InChI is InChI=1S/C28H19BrClNO4S/c1-34-24-14-17(15-25-27(32)31(28(33)36-25)21-11-9-20(30)10-12-21)13-23(29)26(24)35-16-19-7-4-6-18-5-2-3-8-22(18)19/h2-15H,16H2,1H3/b25-15-. The number of ether oxygens (including phenoxy) is 2. The molecule has 0 aromatic heterocycles. The molecule has 0 saturated carbocycles. The van der Waals surface area contributed by atoms with Gasteiger partial charge in [0.15, 0.2) is 11.5 Å². The van der Waals surface area contributed by atoms with Crippen molar-refractivity contribution in [3.63, 3.8) is 0 Å². The number of hydrogen-bond donors (Lipinski definition) is 0. The number of benzene rings is 4. The second-order valence-electron chi connectivity index (χ2n) is 7.95. The minimum absolute atomic E-state index is 0.313. The predicted octanol–water partition coefficient (Wildman–Crippen LogP) is 8.08. The van der Waals surface area contributed by atoms with Crippen molar-refractivity contribution in [2.45, 2.75) is 6.61 Å². The molecule has 1 fully saturated rings. The first-order chi connectivity index (χ1) is 17.4. The molecule has 1 heterocycles. The van der Waals surface area contributed by atoms with Crippen molar-refractivity contribution < 1.29 is 19.1 Å². The lowest BCUT2D eigenvalue weighted by Crippen LogP contribution is -2.27. The third-order valence-corrected chi connectivity index (χ3v) is 7.39. The van der Waals surface area contributed by atoms with Crippen LogP contribution in [0.3, 0.4) is 0 Å². The molecule has 8 heteroatoms. The Labute approximate surface area is 225 Å². The van der Waals surface area contributed by atoms with Crippen LogP contribution >= 0.6 is 39.3 Å². The van der Waals surface area contributed by atoms with Crippen LogP contribution < -0.4 is 14.4 Å². The second-order valence-corrected chi connectivity index (χ2v) is 10.2. The number of hydrogen-bond acceptors (Lipinski definition) is 5. The molecule has 0 aliphatic carbocycles. The first-order valence-electron chi connectivity index (χ1n) is 10.9. The topological polar surface area (TPSA) is 55.8 Å². The van der Waals surface area contributed by atoms with Gasteiger partial charge >= 0.3 is 0 Å². The number of carbonyl (C=O) groups excluding carboxylic acids is 2. The van der Waals surface area contributed by atoms with Gasteiger partial charge in [-0.15, -0.1) is 0 Å². The summed E-state index contributed by atoms with van der Waals surface area (Å²) in [5.41, 5.74) is 2.22. The van der Waals surface area contributed by atoms with Crippen molar-refractivity contribution in [3.05, 3.63) is 104 Å². The maximum Gasteiger partial charge on any atom is 0.298 e. The molecule has 1 aliphatic rings. The van der Waals surface area contributed by atoms with Crippen LogP contribution in [0.25, 0.3) is 16.8 Å². The third kappa shape index (κ3) is 4.87. The number of amides is 2. The molecule has 36 heavy (non-hydrogen) atoms. The van der Waals surface area contributed by atoms with Crippen LogP contribution in [0.5, 0.6) is 11.5 Å². The predicted molar refractivity (Wildman–Crippen MR) is 149 cm³/mol. The molecule has 4 aromatic carbocycles. The highest BCUT2D eigenvalue weighted by Gasteiger charge is 2.36. The Morgan fingerprint density at radius 2 is 1.75 bits per heavy atom. The van der Waals surface area contributed by atoms with Gasteiger partial charge in [-0.1, -0.05) is 54.1 Å². The summed E-state index contributed by atoms with van der Waals surface area (Å²) in [5, 5.41) is 2.44. The highest BCUT2D eigenvalue weighted by atomic mass is 79.9. The summed E-state index contributed by atoms with van der Waals surface area (Å²) in [6, 6.07) is 24.4. The highest BCUT2D eigenvalue weighted by molar-refractivity contribution is 9.10. The SMILES string of the molecule is COc1cc(/C=C2\SC(=O)N(c3ccc(Cl)cc3)C2=O)cc(Br)c1OCc1cccc2ccccc12. The molecule has 5 rings (SSSR count). The molecular formula is C28H19BrClNO4S. The molecule has 0 spiro atoms. The Hall–Kier alpha value is -3.26. The Balaban J connectivity index is 1.40. The molecule has 4 aromatic rings. The molecule has 0 radical (unpaired) electrons. The number of fused-ring (bicyclic) bond motifs is 1. The number of methoxy groups -OCH3 is 1. The van der Waals surface area contributed by atoms with Crippen molar-refractivity contribution in [1.29, 1.82) is 0 Å². The van der Waals surface area contributed by atoms with Crippen LogP contribution in [0.4, 0.5) is 10.5 Å². The van der Waals surface area contributed by atoms with Crippen LogP contribution in [0.2, 0.25) is 5.02 Å². The van der Waals surface area contributed by atoms with Gasteiger partial charge in [-0.2, -0.15) is 0 Å². The van der Waals surface area contributed by atoms with E-state index in [0.717, 1.165) is 33.0 Å². The molecule has 0 unspecified atom stereocenters. The fraction of sp³-hybridized carbons (Fsp3) is 0.0714. The highest BCUT2D eigenvalue weighted by Crippen LogP contribution is 2.40. The van der Waals surface area contributed by atoms with Gasteiger partial charge in [-0.05, 0) is 92.1 Å². The van der Waals surface area contributed by atoms with Gasteiger partial charge in [0, 0.05) is 5.02 Å². The summed E-state index contributed by atoms with van der Waals surface area (Å²) in [5.74, 6) is 0.670. The maximum absolute atomic E-state index is 13.0. The summed E-state index contributed by atoms with van der Waals surface area (Å²) in [6.07, 6.45) is 1.67. The van der Waals surface area contributed by atoms with Crippen LogP contribution in [0.1, 0.15) is 11.1 Å². The second kappa shape index (κ2) is 10.4. The van der Waals surface area contributed by atoms with Crippen LogP contribution in [0, 0.1) is 0 Å². The van der Waals surface area contributed by atoms with Gasteiger partial charge in [0.05, 0.1) is 22.2 Å². The average molecular weight is 581 g/mol. The number of nitrogens with zero attached hydrogens (tertiary/aromatic N) is 1. The van der Waals surface area contributed by atoms with Crippen molar-refractivity contribution in [2.24, 2.45) is 0 Å². The number of carbonyl (C=O) groups is 2. The van der Waals surface area contributed by atoms with E-state index in [9.17, 15) is 9.59 Å². The molecule has 0 bridgehead atoms. The molecular weight excluding hydrogens is 562 g/mol. The van der Waals surface area contributed by atoms with E-state index in [2.05, 4.69) is 34.1 Å². The number of rotatable bonds is 6. The van der Waals surface area contributed by atoms with Gasteiger partial charge in [-0.25, -0.2) is 4.90 Å². The summed E-state index contributed by atoms with van der Waals surface area (Å²) in [6.45, 7) is 0.357. The lowest BCUT2D eigenvalue weighted by Gasteiger charge is -2.15. The fourth-order valence-corrected chi connectivity index (χ4v) is 5.50. The Bertz CT molecular complexity index is 1520. The van der Waals surface area contributed by atoms with Crippen LogP contribution in [-0.4, -0.2) is 18.3 Å². The van der Waals surface area contributed by atoms with E-state index in [1.807, 2.05) is 30.3 Å². The minimum atomic E-state index is -0.390. The first-order valence-corrected chi connectivity index (χ1v) is 12.9. The molecule has 5 nitrogen and oxygen atoms in total. The zero-order chi connectivity index (χ0) is 25.2. The van der Waals surface area contributed by atoms with E-state index >= 15 is 0 Å². The maximum atomic E-state index is 13.0. The first kappa shape index (κ1) is 24.4. The van der Waals surface area contributed by atoms with Gasteiger partial charge in [-0.3, -0.25) is 9.59 Å². The average Bonchev–Trinajstić information content (AvgIpc) is 3.16. The van der Waals surface area contributed by atoms with E-state index in [1.54, 1.807) is 43.5 Å². The van der Waals surface area contributed by atoms with Gasteiger partial charge in [0.1, 0.15) is 6.61 Å². The van der Waals surface area contributed by atoms with Crippen molar-refractivity contribution in [1.82, 2.24) is 0 Å². The fourth-order valence-electron chi connectivity index (χ4n) is 3.96. The van der Waals surface area contributed by atoms with Gasteiger partial charge in [0.2, 0.25) is 0 Å². The molecule has 1 saturated heterocycles. The van der Waals surface area contributed by atoms with E-state index < -0.39 is 5.91 Å². The third-order valence-electron chi connectivity index (χ3n) is 5.68. The van der Waals surface area contributed by atoms with Crippen molar-refractivity contribution in [2.75, 3.05) is 12.0 Å². The molecule has 1 aliphatic heterocycles. The van der Waals surface area contributed by atoms with E-state index in [-0.39, 0.29) is 5.24 Å². The zero-order valence-corrected chi connectivity index (χ0v) is 22.2. The lowest BCUT2D eigenvalue weighted by molar-refractivity contribution is -0.113. The monoisotopic (exact) mass is 579 g/mol. The number of imide groups is 1. The summed E-state index contributed by atoms with van der Waals surface area (Å²) >= 11 is 10.4. The Morgan fingerprint density at radius 3 is 2.53 bits per heavy atom. The zero-order valence-electron chi connectivity index (χ0n) is 19.0. The number of halogens is 2. The summed E-state index contributed by atoms with van der Waals surface area (Å²) in [7, 11) is 1.56. The quantitative estimate of drug-likeness (QED) is 0.216. The molecule has 180 valence electrons.